The van der Waals surface area contributed by atoms with Gasteiger partial charge in [-0.25, -0.2) is 9.37 Å². The fourth-order valence-electron chi connectivity index (χ4n) is 4.15. The minimum Gasteiger partial charge on any atom is -0.478 e. The van der Waals surface area contributed by atoms with Crippen molar-refractivity contribution in [2.75, 3.05) is 43.4 Å². The van der Waals surface area contributed by atoms with E-state index in [1.165, 1.54) is 0 Å². The number of carbonyl (C=O) groups is 2. The molecule has 4 rings (SSSR count). The Balaban J connectivity index is 1.40. The van der Waals surface area contributed by atoms with E-state index >= 15 is 4.39 Å². The second-order valence-electron chi connectivity index (χ2n) is 8.06. The fraction of sp³-hybridized carbons (Fsp3) is 0.435. The molecule has 0 spiro atoms. The Morgan fingerprint density at radius 2 is 2.00 bits per heavy atom. The number of hydrogen-bond donors (Lipinski definition) is 2. The van der Waals surface area contributed by atoms with Crippen molar-refractivity contribution in [1.82, 2.24) is 15.2 Å². The first-order valence-corrected chi connectivity index (χ1v) is 10.9. The molecule has 1 fully saturated rings. The number of aryl methyl sites for hydroxylation is 1. The van der Waals surface area contributed by atoms with Crippen molar-refractivity contribution < 1.29 is 18.7 Å². The molecule has 170 valence electrons. The first kappa shape index (κ1) is 22.0. The summed E-state index contributed by atoms with van der Waals surface area (Å²) in [5.74, 6) is -0.567. The zero-order valence-electron chi connectivity index (χ0n) is 18.6. The zero-order chi connectivity index (χ0) is 22.8. The highest BCUT2D eigenvalue weighted by atomic mass is 19.1. The van der Waals surface area contributed by atoms with E-state index in [2.05, 4.69) is 25.4 Å². The number of pyridine rings is 1. The summed E-state index contributed by atoms with van der Waals surface area (Å²) in [5.41, 5.74) is 2.87. The van der Waals surface area contributed by atoms with E-state index in [1.807, 2.05) is 19.9 Å². The molecule has 2 N–H and O–H groups in total. The molecule has 0 aliphatic carbocycles. The van der Waals surface area contributed by atoms with E-state index < -0.39 is 11.9 Å². The molecule has 0 saturated carbocycles. The van der Waals surface area contributed by atoms with Crippen LogP contribution in [-0.4, -0.2) is 61.0 Å². The molecule has 2 aliphatic rings. The Bertz CT molecular complexity index is 1040. The third kappa shape index (κ3) is 4.25. The molecule has 1 unspecified atom stereocenters. The number of hydrogen-bond acceptors (Lipinski definition) is 6. The molecular formula is C23H28FN5O3. The molecule has 1 saturated heterocycles. The third-order valence-electron chi connectivity index (χ3n) is 5.99. The highest BCUT2D eigenvalue weighted by Crippen LogP contribution is 2.35. The molecule has 8 nitrogen and oxygen atoms in total. The monoisotopic (exact) mass is 441 g/mol. The molecule has 2 aliphatic heterocycles. The van der Waals surface area contributed by atoms with Gasteiger partial charge in [0.05, 0.1) is 11.4 Å². The maximum Gasteiger partial charge on any atom is 0.269 e. The SMILES string of the molecule is CCC1Oc2ccc(CN3CCN(c4ccc(C(=O)NC)nc4C)CC3)c(F)c2NC1=O. The van der Waals surface area contributed by atoms with Crippen molar-refractivity contribution in [1.29, 1.82) is 0 Å². The lowest BCUT2D eigenvalue weighted by atomic mass is 10.1. The van der Waals surface area contributed by atoms with Gasteiger partial charge in [0.25, 0.3) is 11.8 Å². The standard InChI is InChI=1S/C23H28FN5O3/c1-4-18-23(31)27-21-19(32-18)8-5-15(20(21)24)13-28-9-11-29(12-10-28)17-7-6-16(22(30)25-3)26-14(17)2/h5-8,18H,4,9-13H2,1-3H3,(H,25,30)(H,27,31). The number of nitrogens with zero attached hydrogens (tertiary/aromatic N) is 3. The van der Waals surface area contributed by atoms with Gasteiger partial charge in [0.2, 0.25) is 0 Å². The van der Waals surface area contributed by atoms with Gasteiger partial charge in [0.15, 0.2) is 11.9 Å². The van der Waals surface area contributed by atoms with Crippen LogP contribution in [0.4, 0.5) is 15.8 Å². The van der Waals surface area contributed by atoms with Crippen molar-refractivity contribution in [3.8, 4) is 5.75 Å². The van der Waals surface area contributed by atoms with Crippen LogP contribution < -0.4 is 20.3 Å². The molecule has 9 heteroatoms. The first-order chi connectivity index (χ1) is 15.4. The highest BCUT2D eigenvalue weighted by Gasteiger charge is 2.30. The maximum atomic E-state index is 15.1. The van der Waals surface area contributed by atoms with Crippen LogP contribution in [0.1, 0.15) is 35.1 Å². The second-order valence-corrected chi connectivity index (χ2v) is 8.06. The van der Waals surface area contributed by atoms with Gasteiger partial charge in [-0.3, -0.25) is 14.5 Å². The van der Waals surface area contributed by atoms with Crippen LogP contribution in [-0.2, 0) is 11.3 Å². The van der Waals surface area contributed by atoms with Crippen molar-refractivity contribution >= 4 is 23.2 Å². The predicted molar refractivity (Wildman–Crippen MR) is 120 cm³/mol. The number of rotatable bonds is 5. The van der Waals surface area contributed by atoms with Gasteiger partial charge < -0.3 is 20.3 Å². The Hall–Kier alpha value is -3.20. The number of amides is 2. The average Bonchev–Trinajstić information content (AvgIpc) is 2.81. The van der Waals surface area contributed by atoms with Crippen molar-refractivity contribution in [2.24, 2.45) is 0 Å². The van der Waals surface area contributed by atoms with Crippen molar-refractivity contribution in [2.45, 2.75) is 32.9 Å². The van der Waals surface area contributed by atoms with Gasteiger partial charge in [-0.05, 0) is 31.5 Å². The number of halogens is 1. The van der Waals surface area contributed by atoms with Crippen molar-refractivity contribution in [3.63, 3.8) is 0 Å². The van der Waals surface area contributed by atoms with Gasteiger partial charge in [-0.15, -0.1) is 0 Å². The first-order valence-electron chi connectivity index (χ1n) is 10.9. The summed E-state index contributed by atoms with van der Waals surface area (Å²) in [5, 5.41) is 5.24. The summed E-state index contributed by atoms with van der Waals surface area (Å²) >= 11 is 0. The van der Waals surface area contributed by atoms with Gasteiger partial charge in [0.1, 0.15) is 17.1 Å². The van der Waals surface area contributed by atoms with E-state index in [-0.39, 0.29) is 17.5 Å². The summed E-state index contributed by atoms with van der Waals surface area (Å²) in [6, 6.07) is 7.12. The van der Waals surface area contributed by atoms with E-state index in [1.54, 1.807) is 25.2 Å². The van der Waals surface area contributed by atoms with Crippen LogP contribution in [0.3, 0.4) is 0 Å². The van der Waals surface area contributed by atoms with E-state index in [0.29, 0.717) is 30.0 Å². The highest BCUT2D eigenvalue weighted by molar-refractivity contribution is 5.98. The molecule has 1 aromatic heterocycles. The lowest BCUT2D eigenvalue weighted by molar-refractivity contribution is -0.123. The molecule has 2 amide bonds. The lowest BCUT2D eigenvalue weighted by Gasteiger charge is -2.36. The van der Waals surface area contributed by atoms with Crippen LogP contribution >= 0.6 is 0 Å². The second kappa shape index (κ2) is 9.12. The molecule has 1 atom stereocenters. The van der Waals surface area contributed by atoms with Gasteiger partial charge >= 0.3 is 0 Å². The minimum absolute atomic E-state index is 0.133. The molecule has 0 bridgehead atoms. The van der Waals surface area contributed by atoms with Crippen LogP contribution in [0, 0.1) is 12.7 Å². The Morgan fingerprint density at radius 1 is 1.25 bits per heavy atom. The normalized spacial score (nSPS) is 18.6. The Morgan fingerprint density at radius 3 is 2.66 bits per heavy atom. The number of nitrogens with one attached hydrogen (secondary N) is 2. The number of anilines is 2. The number of ether oxygens (including phenoxy) is 1. The maximum absolute atomic E-state index is 15.1. The predicted octanol–water partition coefficient (Wildman–Crippen LogP) is 2.32. The van der Waals surface area contributed by atoms with E-state index in [9.17, 15) is 9.59 Å². The number of aromatic nitrogens is 1. The lowest BCUT2D eigenvalue weighted by Crippen LogP contribution is -2.46. The topological polar surface area (TPSA) is 86.8 Å². The number of carbonyl (C=O) groups excluding carboxylic acids is 2. The molecular weight excluding hydrogens is 413 g/mol. The largest absolute Gasteiger partial charge is 0.478 e. The van der Waals surface area contributed by atoms with Crippen LogP contribution in [0.25, 0.3) is 0 Å². The number of fused-ring (bicyclic) bond motifs is 1. The summed E-state index contributed by atoms with van der Waals surface area (Å²) in [6.07, 6.45) is -0.0492. The van der Waals surface area contributed by atoms with Gasteiger partial charge in [0, 0.05) is 45.3 Å². The smallest absolute Gasteiger partial charge is 0.269 e. The Kier molecular flexibility index (Phi) is 6.27. The summed E-state index contributed by atoms with van der Waals surface area (Å²) in [7, 11) is 1.58. The summed E-state index contributed by atoms with van der Waals surface area (Å²) in [4.78, 5) is 32.7. The number of piperazine rings is 1. The van der Waals surface area contributed by atoms with Crippen LogP contribution in [0.15, 0.2) is 24.3 Å². The minimum atomic E-state index is -0.579. The van der Waals surface area contributed by atoms with Crippen molar-refractivity contribution in [3.05, 3.63) is 47.0 Å². The molecule has 32 heavy (non-hydrogen) atoms. The molecule has 3 heterocycles. The Labute approximate surface area is 186 Å². The quantitative estimate of drug-likeness (QED) is 0.741. The molecule has 0 radical (unpaired) electrons. The molecule has 2 aromatic rings. The van der Waals surface area contributed by atoms with Gasteiger partial charge in [-0.1, -0.05) is 13.0 Å². The average molecular weight is 442 g/mol. The molecule has 1 aromatic carbocycles. The van der Waals surface area contributed by atoms with Crippen LogP contribution in [0.2, 0.25) is 0 Å². The van der Waals surface area contributed by atoms with E-state index in [4.69, 9.17) is 4.74 Å². The third-order valence-corrected chi connectivity index (χ3v) is 5.99. The number of benzene rings is 1. The summed E-state index contributed by atoms with van der Waals surface area (Å²) in [6.45, 7) is 7.26. The fourth-order valence-corrected chi connectivity index (χ4v) is 4.15. The van der Waals surface area contributed by atoms with Gasteiger partial charge in [-0.2, -0.15) is 0 Å². The van der Waals surface area contributed by atoms with E-state index in [0.717, 1.165) is 37.6 Å². The van der Waals surface area contributed by atoms with Crippen LogP contribution in [0.5, 0.6) is 5.75 Å². The zero-order valence-corrected chi connectivity index (χ0v) is 18.6. The summed E-state index contributed by atoms with van der Waals surface area (Å²) < 4.78 is 20.7.